The maximum atomic E-state index is 13.3. The minimum absolute atomic E-state index is 0.0794. The van der Waals surface area contributed by atoms with Crippen LogP contribution >= 0.6 is 0 Å². The lowest BCUT2D eigenvalue weighted by molar-refractivity contribution is -0.141. The van der Waals surface area contributed by atoms with E-state index in [4.69, 9.17) is 9.47 Å². The van der Waals surface area contributed by atoms with Gasteiger partial charge in [-0.1, -0.05) is 92.9 Å². The highest BCUT2D eigenvalue weighted by Crippen LogP contribution is 2.47. The smallest absolute Gasteiger partial charge is 0.306 e. The van der Waals surface area contributed by atoms with Crippen LogP contribution in [0.2, 0.25) is 0 Å². The molecule has 2 aromatic rings. The van der Waals surface area contributed by atoms with Crippen molar-refractivity contribution in [1.29, 1.82) is 0 Å². The van der Waals surface area contributed by atoms with E-state index in [1.807, 2.05) is 42.5 Å². The second-order valence-corrected chi connectivity index (χ2v) is 10.4. The van der Waals surface area contributed by atoms with Crippen LogP contribution in [0.25, 0.3) is 11.1 Å². The average Bonchev–Trinajstić information content (AvgIpc) is 3.38. The fourth-order valence-corrected chi connectivity index (χ4v) is 5.69. The van der Waals surface area contributed by atoms with E-state index in [0.29, 0.717) is 12.8 Å². The Morgan fingerprint density at radius 1 is 1.09 bits per heavy atom. The molecule has 1 unspecified atom stereocenters. The summed E-state index contributed by atoms with van der Waals surface area (Å²) < 4.78 is 11.5. The van der Waals surface area contributed by atoms with E-state index in [0.717, 1.165) is 36.0 Å². The van der Waals surface area contributed by atoms with Crippen LogP contribution in [-0.4, -0.2) is 30.6 Å². The number of esters is 1. The average molecular weight is 475 g/mol. The van der Waals surface area contributed by atoms with Gasteiger partial charge in [0.1, 0.15) is 6.10 Å². The quantitative estimate of drug-likeness (QED) is 0.152. The minimum Gasteiger partial charge on any atom is -0.462 e. The van der Waals surface area contributed by atoms with Crippen molar-refractivity contribution in [1.82, 2.24) is 0 Å². The van der Waals surface area contributed by atoms with E-state index < -0.39 is 0 Å². The number of methoxy groups -OCH3 is 1. The molecule has 5 atom stereocenters. The summed E-state index contributed by atoms with van der Waals surface area (Å²) in [7, 11) is 1.76. The predicted octanol–water partition coefficient (Wildman–Crippen LogP) is 7.04. The fourth-order valence-electron chi connectivity index (χ4n) is 5.69. The summed E-state index contributed by atoms with van der Waals surface area (Å²) in [6.45, 7) is 4.32. The van der Waals surface area contributed by atoms with Gasteiger partial charge < -0.3 is 9.47 Å². The van der Waals surface area contributed by atoms with Crippen molar-refractivity contribution in [3.8, 4) is 11.1 Å². The van der Waals surface area contributed by atoms with Gasteiger partial charge in [-0.3, -0.25) is 9.59 Å². The van der Waals surface area contributed by atoms with E-state index in [9.17, 15) is 9.59 Å². The van der Waals surface area contributed by atoms with Crippen LogP contribution in [-0.2, 0) is 14.3 Å². The normalized spacial score (nSPS) is 25.4. The SMILES string of the molecule is CCCCCC(C)(/C=C/[C@H]1[C@H](CC(=O)c2ccc(-c3ccccc3)cc2)C[C@@H]2OC(=O)C[C@H]12)OC. The topological polar surface area (TPSA) is 52.6 Å². The number of allylic oxidation sites excluding steroid dienone is 1. The molecule has 0 N–H and O–H groups in total. The van der Waals surface area contributed by atoms with Crippen molar-refractivity contribution < 1.29 is 19.1 Å². The summed E-state index contributed by atoms with van der Waals surface area (Å²) in [5.74, 6) is 0.481. The molecule has 0 aromatic heterocycles. The molecule has 0 bridgehead atoms. The zero-order valence-corrected chi connectivity index (χ0v) is 21.2. The standard InChI is InChI=1S/C31H38O4/c1-4-5-9-17-31(2,34-3)18-16-26-25(20-29-27(26)21-30(33)35-29)19-28(32)24-14-12-23(13-15-24)22-10-7-6-8-11-22/h6-8,10-16,18,25-27,29H,4-5,9,17,19-21H2,1-3H3/b18-16+/t25-,26+,27-,29+,31?/m1/s1. The Morgan fingerprint density at radius 3 is 2.49 bits per heavy atom. The number of ketones is 1. The van der Waals surface area contributed by atoms with Crippen molar-refractivity contribution >= 4 is 11.8 Å². The molecule has 1 aliphatic heterocycles. The van der Waals surface area contributed by atoms with Gasteiger partial charge >= 0.3 is 5.97 Å². The van der Waals surface area contributed by atoms with E-state index >= 15 is 0 Å². The molecule has 1 aliphatic carbocycles. The van der Waals surface area contributed by atoms with Crippen LogP contribution in [0, 0.1) is 17.8 Å². The van der Waals surface area contributed by atoms with Crippen LogP contribution < -0.4 is 0 Å². The molecule has 0 radical (unpaired) electrons. The number of Topliss-reactive ketones (excluding diaryl/α,β-unsaturated/α-hetero) is 1. The van der Waals surface area contributed by atoms with E-state index in [1.54, 1.807) is 7.11 Å². The number of fused-ring (bicyclic) bond motifs is 1. The number of ether oxygens (including phenoxy) is 2. The molecule has 1 heterocycles. The molecule has 2 aliphatic rings. The summed E-state index contributed by atoms with van der Waals surface area (Å²) in [6.07, 6.45) is 10.4. The van der Waals surface area contributed by atoms with Gasteiger partial charge in [0.15, 0.2) is 5.78 Å². The van der Waals surface area contributed by atoms with Crippen molar-refractivity contribution in [3.05, 3.63) is 72.3 Å². The number of hydrogen-bond donors (Lipinski definition) is 0. The highest BCUT2D eigenvalue weighted by molar-refractivity contribution is 5.96. The molecular formula is C31H38O4. The second-order valence-electron chi connectivity index (χ2n) is 10.4. The minimum atomic E-state index is -0.335. The van der Waals surface area contributed by atoms with Crippen molar-refractivity contribution in [3.63, 3.8) is 0 Å². The third kappa shape index (κ3) is 6.10. The van der Waals surface area contributed by atoms with Gasteiger partial charge in [-0.15, -0.1) is 0 Å². The summed E-state index contributed by atoms with van der Waals surface area (Å²) >= 11 is 0. The first-order chi connectivity index (χ1) is 16.9. The second kappa shape index (κ2) is 11.3. The summed E-state index contributed by atoms with van der Waals surface area (Å²) in [5.41, 5.74) is 2.65. The molecule has 4 nitrogen and oxygen atoms in total. The number of rotatable bonds is 11. The summed E-state index contributed by atoms with van der Waals surface area (Å²) in [6, 6.07) is 18.1. The molecule has 1 saturated carbocycles. The third-order valence-electron chi connectivity index (χ3n) is 7.91. The number of hydrogen-bond acceptors (Lipinski definition) is 4. The molecule has 2 fully saturated rings. The van der Waals surface area contributed by atoms with E-state index in [1.165, 1.54) is 12.8 Å². The monoisotopic (exact) mass is 474 g/mol. The van der Waals surface area contributed by atoms with Crippen LogP contribution in [0.5, 0.6) is 0 Å². The Morgan fingerprint density at radius 2 is 1.80 bits per heavy atom. The summed E-state index contributed by atoms with van der Waals surface area (Å²) in [5, 5.41) is 0. The van der Waals surface area contributed by atoms with E-state index in [-0.39, 0.29) is 41.2 Å². The highest BCUT2D eigenvalue weighted by Gasteiger charge is 2.49. The molecule has 4 rings (SSSR count). The Bertz CT molecular complexity index is 1030. The molecule has 186 valence electrons. The number of carbonyl (C=O) groups is 2. The number of benzene rings is 2. The lowest BCUT2D eigenvalue weighted by Crippen LogP contribution is -2.25. The molecule has 35 heavy (non-hydrogen) atoms. The van der Waals surface area contributed by atoms with Gasteiger partial charge in [-0.05, 0) is 42.7 Å². The first-order valence-corrected chi connectivity index (χ1v) is 13.0. The maximum absolute atomic E-state index is 13.3. The fraction of sp³-hybridized carbons (Fsp3) is 0.484. The predicted molar refractivity (Wildman–Crippen MR) is 139 cm³/mol. The first kappa shape index (κ1) is 25.4. The Balaban J connectivity index is 1.47. The Kier molecular flexibility index (Phi) is 8.22. The van der Waals surface area contributed by atoms with Gasteiger partial charge in [0.25, 0.3) is 0 Å². The van der Waals surface area contributed by atoms with E-state index in [2.05, 4.69) is 38.1 Å². The maximum Gasteiger partial charge on any atom is 0.306 e. The first-order valence-electron chi connectivity index (χ1n) is 13.0. The molecule has 0 amide bonds. The number of unbranched alkanes of at least 4 members (excludes halogenated alkanes) is 2. The van der Waals surface area contributed by atoms with Crippen LogP contribution in [0.3, 0.4) is 0 Å². The Hall–Kier alpha value is -2.72. The summed E-state index contributed by atoms with van der Waals surface area (Å²) in [4.78, 5) is 25.2. The largest absolute Gasteiger partial charge is 0.462 e. The van der Waals surface area contributed by atoms with Gasteiger partial charge in [0.2, 0.25) is 0 Å². The molecule has 0 spiro atoms. The third-order valence-corrected chi connectivity index (χ3v) is 7.91. The lowest BCUT2D eigenvalue weighted by Gasteiger charge is -2.26. The van der Waals surface area contributed by atoms with Crippen LogP contribution in [0.15, 0.2) is 66.7 Å². The Labute approximate surface area is 209 Å². The van der Waals surface area contributed by atoms with Crippen LogP contribution in [0.4, 0.5) is 0 Å². The zero-order chi connectivity index (χ0) is 24.8. The molecule has 1 saturated heterocycles. The van der Waals surface area contributed by atoms with Crippen molar-refractivity contribution in [2.75, 3.05) is 7.11 Å². The number of carbonyl (C=O) groups excluding carboxylic acids is 2. The van der Waals surface area contributed by atoms with Gasteiger partial charge in [0.05, 0.1) is 12.0 Å². The van der Waals surface area contributed by atoms with Crippen molar-refractivity contribution in [2.24, 2.45) is 17.8 Å². The van der Waals surface area contributed by atoms with Crippen molar-refractivity contribution in [2.45, 2.75) is 70.5 Å². The molecule has 4 heteroatoms. The lowest BCUT2D eigenvalue weighted by atomic mass is 9.82. The van der Waals surface area contributed by atoms with Gasteiger partial charge in [0, 0.05) is 25.0 Å². The van der Waals surface area contributed by atoms with Gasteiger partial charge in [-0.2, -0.15) is 0 Å². The molecule has 2 aromatic carbocycles. The zero-order valence-electron chi connectivity index (χ0n) is 21.2. The van der Waals surface area contributed by atoms with Gasteiger partial charge in [-0.25, -0.2) is 0 Å². The highest BCUT2D eigenvalue weighted by atomic mass is 16.6. The molecular weight excluding hydrogens is 436 g/mol. The van der Waals surface area contributed by atoms with Crippen LogP contribution in [0.1, 0.15) is 69.2 Å².